The Morgan fingerprint density at radius 1 is 1.07 bits per heavy atom. The Morgan fingerprint density at radius 3 is 2.52 bits per heavy atom. The highest BCUT2D eigenvalue weighted by Gasteiger charge is 2.76. The van der Waals surface area contributed by atoms with E-state index in [1.807, 2.05) is 79.7 Å². The maximum absolute atomic E-state index is 14.1. The van der Waals surface area contributed by atoms with Crippen molar-refractivity contribution in [3.8, 4) is 0 Å². The zero-order valence-electron chi connectivity index (χ0n) is 22.1. The lowest BCUT2D eigenvalue weighted by Gasteiger charge is -2.36. The van der Waals surface area contributed by atoms with Crippen LogP contribution in [0.1, 0.15) is 25.3 Å². The molecule has 3 amide bonds. The van der Waals surface area contributed by atoms with Gasteiger partial charge >= 0.3 is 0 Å². The number of carbonyl (C=O) groups is 3. The Kier molecular flexibility index (Phi) is 7.14. The van der Waals surface area contributed by atoms with Gasteiger partial charge < -0.3 is 25.4 Å². The van der Waals surface area contributed by atoms with E-state index < -0.39 is 35.6 Å². The summed E-state index contributed by atoms with van der Waals surface area (Å²) in [4.78, 5) is 43.1. The number of fused-ring (bicyclic) bond motifs is 2. The van der Waals surface area contributed by atoms with Gasteiger partial charge in [-0.05, 0) is 41.3 Å². The fraction of sp³-hybridized carbons (Fsp3) is 0.387. The van der Waals surface area contributed by atoms with Crippen molar-refractivity contribution < 1.29 is 24.2 Å². The van der Waals surface area contributed by atoms with Crippen LogP contribution in [0.2, 0.25) is 0 Å². The van der Waals surface area contributed by atoms with Crippen LogP contribution in [0.25, 0.3) is 10.8 Å². The van der Waals surface area contributed by atoms with E-state index in [2.05, 4.69) is 26.6 Å². The van der Waals surface area contributed by atoms with Crippen molar-refractivity contribution in [2.24, 2.45) is 11.8 Å². The van der Waals surface area contributed by atoms with Crippen LogP contribution in [0.3, 0.4) is 0 Å². The number of ether oxygens (including phenoxy) is 1. The summed E-state index contributed by atoms with van der Waals surface area (Å²) in [5.74, 6) is -2.56. The van der Waals surface area contributed by atoms with Crippen LogP contribution < -0.4 is 10.6 Å². The maximum Gasteiger partial charge on any atom is 0.250 e. The summed E-state index contributed by atoms with van der Waals surface area (Å²) in [7, 11) is 0. The first-order valence-corrected chi connectivity index (χ1v) is 14.7. The predicted molar refractivity (Wildman–Crippen MR) is 155 cm³/mol. The Bertz CT molecular complexity index is 1450. The minimum Gasteiger partial charge on any atom is -0.394 e. The summed E-state index contributed by atoms with van der Waals surface area (Å²) >= 11 is 3.70. The number of nitrogens with one attached hydrogen (secondary N) is 2. The number of hydrogen-bond donors (Lipinski definition) is 3. The van der Waals surface area contributed by atoms with E-state index in [4.69, 9.17) is 4.74 Å². The highest BCUT2D eigenvalue weighted by Crippen LogP contribution is 2.60. The molecule has 3 heterocycles. The van der Waals surface area contributed by atoms with Gasteiger partial charge in [0.1, 0.15) is 11.6 Å². The van der Waals surface area contributed by atoms with Crippen LogP contribution in [0, 0.1) is 11.8 Å². The van der Waals surface area contributed by atoms with Gasteiger partial charge in [-0.1, -0.05) is 83.5 Å². The maximum atomic E-state index is 14.1. The van der Waals surface area contributed by atoms with Gasteiger partial charge in [-0.2, -0.15) is 0 Å². The van der Waals surface area contributed by atoms with Gasteiger partial charge in [0.2, 0.25) is 17.7 Å². The number of rotatable bonds is 8. The van der Waals surface area contributed by atoms with E-state index in [0.717, 1.165) is 16.3 Å². The van der Waals surface area contributed by atoms with Crippen molar-refractivity contribution in [2.45, 2.75) is 54.9 Å². The quantitative estimate of drug-likeness (QED) is 0.340. The second kappa shape index (κ2) is 10.6. The van der Waals surface area contributed by atoms with Gasteiger partial charge in [-0.25, -0.2) is 0 Å². The number of alkyl halides is 1. The van der Waals surface area contributed by atoms with Crippen molar-refractivity contribution in [1.29, 1.82) is 0 Å². The third-order valence-corrected chi connectivity index (χ3v) is 9.52. The Morgan fingerprint density at radius 2 is 1.80 bits per heavy atom. The third-order valence-electron chi connectivity index (χ3n) is 8.68. The Labute approximate surface area is 241 Å². The molecule has 3 fully saturated rings. The second-order valence-corrected chi connectivity index (χ2v) is 12.1. The van der Waals surface area contributed by atoms with E-state index >= 15 is 0 Å². The number of aliphatic hydroxyl groups is 1. The van der Waals surface area contributed by atoms with Gasteiger partial charge in [0.25, 0.3) is 0 Å². The first-order chi connectivity index (χ1) is 19.4. The lowest BCUT2D eigenvalue weighted by molar-refractivity contribution is -0.144. The number of carbonyl (C=O) groups excluding carboxylic acids is 3. The number of likely N-dealkylation sites (tertiary alicyclic amines) is 1. The predicted octanol–water partition coefficient (Wildman–Crippen LogP) is 3.61. The molecule has 9 heteroatoms. The van der Waals surface area contributed by atoms with Crippen LogP contribution in [-0.4, -0.2) is 63.0 Å². The molecule has 0 saturated carbocycles. The molecule has 1 spiro atoms. The third kappa shape index (κ3) is 4.31. The van der Waals surface area contributed by atoms with Crippen LogP contribution in [-0.2, 0) is 25.7 Å². The first kappa shape index (κ1) is 26.9. The summed E-state index contributed by atoms with van der Waals surface area (Å²) in [6.45, 7) is 1.90. The van der Waals surface area contributed by atoms with E-state index in [1.54, 1.807) is 0 Å². The van der Waals surface area contributed by atoms with Crippen LogP contribution in [0.5, 0.6) is 0 Å². The number of amides is 3. The minimum atomic E-state index is -1.19. The molecule has 3 aliphatic rings. The molecule has 40 heavy (non-hydrogen) atoms. The molecule has 3 unspecified atom stereocenters. The Hall–Kier alpha value is -3.27. The molecule has 208 valence electrons. The lowest BCUT2D eigenvalue weighted by atomic mass is 9.70. The molecule has 7 atom stereocenters. The number of hydrogen-bond acceptors (Lipinski definition) is 5. The molecular formula is C31H32BrN3O5. The number of aliphatic hydroxyl groups excluding tert-OH is 1. The number of nitrogens with zero attached hydrogens (tertiary/aromatic N) is 1. The minimum absolute atomic E-state index is 0.200. The molecule has 3 aromatic rings. The van der Waals surface area contributed by atoms with E-state index in [9.17, 15) is 19.5 Å². The highest BCUT2D eigenvalue weighted by molar-refractivity contribution is 9.09. The second-order valence-electron chi connectivity index (χ2n) is 10.9. The van der Waals surface area contributed by atoms with E-state index in [0.29, 0.717) is 25.1 Å². The molecule has 8 nitrogen and oxygen atoms in total. The smallest absolute Gasteiger partial charge is 0.250 e. The molecule has 3 aromatic carbocycles. The van der Waals surface area contributed by atoms with E-state index in [1.165, 1.54) is 4.90 Å². The van der Waals surface area contributed by atoms with Crippen molar-refractivity contribution >= 4 is 50.1 Å². The van der Waals surface area contributed by atoms with Gasteiger partial charge in [0, 0.05) is 17.1 Å². The number of anilines is 1. The van der Waals surface area contributed by atoms with Crippen molar-refractivity contribution in [1.82, 2.24) is 10.2 Å². The summed E-state index contributed by atoms with van der Waals surface area (Å²) in [5.41, 5.74) is 0.366. The molecule has 0 aliphatic carbocycles. The van der Waals surface area contributed by atoms with Crippen LogP contribution in [0.4, 0.5) is 5.69 Å². The van der Waals surface area contributed by atoms with Gasteiger partial charge in [-0.3, -0.25) is 14.4 Å². The Balaban J connectivity index is 1.33. The monoisotopic (exact) mass is 605 g/mol. The van der Waals surface area contributed by atoms with Gasteiger partial charge in [0.05, 0.1) is 30.6 Å². The van der Waals surface area contributed by atoms with Crippen molar-refractivity contribution in [2.75, 3.05) is 11.9 Å². The molecule has 0 aromatic heterocycles. The average molecular weight is 607 g/mol. The fourth-order valence-corrected chi connectivity index (χ4v) is 7.80. The van der Waals surface area contributed by atoms with Gasteiger partial charge in [-0.15, -0.1) is 0 Å². The molecule has 3 N–H and O–H groups in total. The number of benzene rings is 3. The number of halogens is 1. The summed E-state index contributed by atoms with van der Waals surface area (Å²) < 4.78 is 6.55. The van der Waals surface area contributed by atoms with E-state index in [-0.39, 0.29) is 29.2 Å². The highest BCUT2D eigenvalue weighted by atomic mass is 79.9. The van der Waals surface area contributed by atoms with Crippen molar-refractivity contribution in [3.05, 3.63) is 78.4 Å². The fourth-order valence-electron chi connectivity index (χ4n) is 6.85. The zero-order chi connectivity index (χ0) is 28.0. The standard InChI is InChI=1S/C31H32BrN3O5/c1-2-22(17-36)35-27(29(38)34-21-13-12-19-10-6-7-11-20(19)14-21)31-15-23(32)26(40-31)24(25(31)30(35)39)28(37)33-16-18-8-4-3-5-9-18/h3-14,22-27,36H,2,15-17H2,1H3,(H,33,37)(H,34,38)/t22-,23?,24+,25-,26+,27?,31?/m0/s1. The average Bonchev–Trinajstić information content (AvgIpc) is 3.56. The van der Waals surface area contributed by atoms with Crippen molar-refractivity contribution in [3.63, 3.8) is 0 Å². The summed E-state index contributed by atoms with van der Waals surface area (Å²) in [6, 6.07) is 21.5. The zero-order valence-corrected chi connectivity index (χ0v) is 23.7. The van der Waals surface area contributed by atoms with Gasteiger partial charge in [0.15, 0.2) is 0 Å². The molecule has 3 aliphatic heterocycles. The molecule has 0 radical (unpaired) electrons. The topological polar surface area (TPSA) is 108 Å². The van der Waals surface area contributed by atoms with Crippen LogP contribution >= 0.6 is 15.9 Å². The van der Waals surface area contributed by atoms with Crippen LogP contribution in [0.15, 0.2) is 72.8 Å². The molecular weight excluding hydrogens is 574 g/mol. The summed E-state index contributed by atoms with van der Waals surface area (Å²) in [6.07, 6.45) is 0.318. The largest absolute Gasteiger partial charge is 0.394 e. The normalized spacial score (nSPS) is 29.4. The molecule has 3 saturated heterocycles. The summed E-state index contributed by atoms with van der Waals surface area (Å²) in [5, 5.41) is 18.3. The SMILES string of the molecule is CC[C@@H](CO)N1C(=O)[C@@H]2[C@@H](C(=O)NCc3ccccc3)[C@@H]3OC2(CC3Br)C1C(=O)Nc1ccc2ccccc2c1. The molecule has 2 bridgehead atoms. The molecule has 6 rings (SSSR count). The first-order valence-electron chi connectivity index (χ1n) is 13.7. The lowest BCUT2D eigenvalue weighted by Crippen LogP contribution is -2.56.